The van der Waals surface area contributed by atoms with Gasteiger partial charge in [0.1, 0.15) is 24.7 Å². The molecule has 0 fully saturated rings. The predicted molar refractivity (Wildman–Crippen MR) is 123 cm³/mol. The molecule has 34 heavy (non-hydrogen) atoms. The summed E-state index contributed by atoms with van der Waals surface area (Å²) in [5, 5.41) is 27.1. The fourth-order valence-corrected chi connectivity index (χ4v) is 3.39. The van der Waals surface area contributed by atoms with E-state index in [1.807, 2.05) is 6.07 Å². The van der Waals surface area contributed by atoms with Crippen molar-refractivity contribution in [1.82, 2.24) is 9.78 Å². The molecule has 0 bridgehead atoms. The van der Waals surface area contributed by atoms with Gasteiger partial charge in [-0.1, -0.05) is 12.1 Å². The highest BCUT2D eigenvalue weighted by Crippen LogP contribution is 2.30. The van der Waals surface area contributed by atoms with Gasteiger partial charge in [0.15, 0.2) is 0 Å². The summed E-state index contributed by atoms with van der Waals surface area (Å²) in [6, 6.07) is 17.6. The number of methoxy groups -OCH3 is 1. The van der Waals surface area contributed by atoms with Crippen LogP contribution in [0.15, 0.2) is 66.7 Å². The number of nitro benzene ring substituents is 2. The van der Waals surface area contributed by atoms with Crippen LogP contribution in [0.5, 0.6) is 17.4 Å². The maximum absolute atomic E-state index is 11.1. The van der Waals surface area contributed by atoms with E-state index in [4.69, 9.17) is 14.2 Å². The number of hydrogen-bond donors (Lipinski definition) is 0. The van der Waals surface area contributed by atoms with E-state index in [1.165, 1.54) is 36.4 Å². The molecule has 1 aromatic heterocycles. The average Bonchev–Trinajstić information content (AvgIpc) is 3.18. The van der Waals surface area contributed by atoms with E-state index in [0.717, 1.165) is 16.5 Å². The number of hydrogen-bond acceptors (Lipinski definition) is 8. The smallest absolute Gasteiger partial charge is 0.269 e. The first-order valence-corrected chi connectivity index (χ1v) is 10.2. The summed E-state index contributed by atoms with van der Waals surface area (Å²) in [4.78, 5) is 20.9. The standard InChI is InChI=1S/C23H20N4O7/c1-32-20-9-10-22-21(14-20)23(24-25(22)15-16-3-2-4-18(13-16)27(30)31)34-12-11-33-19-7-5-17(6-8-19)26(28)29/h2-10,13-14H,11-12,15H2,1H3. The van der Waals surface area contributed by atoms with Gasteiger partial charge in [0.2, 0.25) is 5.88 Å². The van der Waals surface area contributed by atoms with Crippen molar-refractivity contribution in [2.24, 2.45) is 0 Å². The zero-order chi connectivity index (χ0) is 24.1. The second kappa shape index (κ2) is 9.86. The minimum absolute atomic E-state index is 0.00972. The SMILES string of the molecule is COc1ccc2c(c1)c(OCCOc1ccc([N+](=O)[O-])cc1)nn2Cc1cccc([N+](=O)[O-])c1. The van der Waals surface area contributed by atoms with E-state index in [0.29, 0.717) is 23.9 Å². The third kappa shape index (κ3) is 5.04. The third-order valence-electron chi connectivity index (χ3n) is 5.02. The number of rotatable bonds is 10. The van der Waals surface area contributed by atoms with Crippen molar-refractivity contribution < 1.29 is 24.1 Å². The van der Waals surface area contributed by atoms with Crippen molar-refractivity contribution in [2.45, 2.75) is 6.54 Å². The molecule has 1 heterocycles. The van der Waals surface area contributed by atoms with Crippen LogP contribution in [-0.4, -0.2) is 40.0 Å². The first-order chi connectivity index (χ1) is 16.4. The maximum atomic E-state index is 11.1. The van der Waals surface area contributed by atoms with Crippen LogP contribution in [0.4, 0.5) is 11.4 Å². The van der Waals surface area contributed by atoms with Gasteiger partial charge < -0.3 is 14.2 Å². The molecule has 4 rings (SSSR count). The molecule has 0 saturated carbocycles. The number of nitro groups is 2. The number of nitrogens with zero attached hydrogens (tertiary/aromatic N) is 4. The number of non-ortho nitro benzene ring substituents is 2. The molecule has 0 aliphatic heterocycles. The van der Waals surface area contributed by atoms with Gasteiger partial charge in [-0.2, -0.15) is 0 Å². The Bertz CT molecular complexity index is 1340. The molecule has 0 aliphatic carbocycles. The Labute approximate surface area is 193 Å². The van der Waals surface area contributed by atoms with Gasteiger partial charge in [0.05, 0.1) is 34.4 Å². The summed E-state index contributed by atoms with van der Waals surface area (Å²) in [6.45, 7) is 0.686. The van der Waals surface area contributed by atoms with Gasteiger partial charge in [0, 0.05) is 24.3 Å². The lowest BCUT2D eigenvalue weighted by Gasteiger charge is -2.07. The van der Waals surface area contributed by atoms with Crippen LogP contribution < -0.4 is 14.2 Å². The lowest BCUT2D eigenvalue weighted by molar-refractivity contribution is -0.385. The molecule has 11 heteroatoms. The summed E-state index contributed by atoms with van der Waals surface area (Å²) >= 11 is 0. The molecular weight excluding hydrogens is 444 g/mol. The van der Waals surface area contributed by atoms with Crippen molar-refractivity contribution in [1.29, 1.82) is 0 Å². The van der Waals surface area contributed by atoms with Crippen molar-refractivity contribution in [3.8, 4) is 17.4 Å². The van der Waals surface area contributed by atoms with Crippen molar-refractivity contribution in [2.75, 3.05) is 20.3 Å². The Hall–Kier alpha value is -4.67. The number of fused-ring (bicyclic) bond motifs is 1. The van der Waals surface area contributed by atoms with Crippen LogP contribution in [0.25, 0.3) is 10.9 Å². The lowest BCUT2D eigenvalue weighted by atomic mass is 10.2. The van der Waals surface area contributed by atoms with E-state index >= 15 is 0 Å². The highest BCUT2D eigenvalue weighted by atomic mass is 16.6. The molecule has 174 valence electrons. The van der Waals surface area contributed by atoms with E-state index in [2.05, 4.69) is 5.10 Å². The molecule has 0 saturated heterocycles. The summed E-state index contributed by atoms with van der Waals surface area (Å²) in [5.74, 6) is 1.48. The van der Waals surface area contributed by atoms with Gasteiger partial charge in [-0.3, -0.25) is 24.9 Å². The minimum atomic E-state index is -0.476. The molecule has 0 N–H and O–H groups in total. The Morgan fingerprint density at radius 1 is 0.853 bits per heavy atom. The Morgan fingerprint density at radius 3 is 2.26 bits per heavy atom. The first kappa shape index (κ1) is 22.5. The van der Waals surface area contributed by atoms with Gasteiger partial charge in [-0.25, -0.2) is 0 Å². The second-order valence-corrected chi connectivity index (χ2v) is 7.22. The Balaban J connectivity index is 1.49. The molecule has 0 radical (unpaired) electrons. The summed E-state index contributed by atoms with van der Waals surface area (Å²) in [5.41, 5.74) is 1.50. The molecular formula is C23H20N4O7. The van der Waals surface area contributed by atoms with Crippen LogP contribution in [0.3, 0.4) is 0 Å². The normalized spacial score (nSPS) is 10.7. The van der Waals surface area contributed by atoms with Crippen molar-refractivity contribution >= 4 is 22.3 Å². The largest absolute Gasteiger partial charge is 0.497 e. The molecule has 3 aromatic carbocycles. The number of benzene rings is 3. The quantitative estimate of drug-likeness (QED) is 0.192. The Morgan fingerprint density at radius 2 is 1.56 bits per heavy atom. The van der Waals surface area contributed by atoms with Gasteiger partial charge in [0.25, 0.3) is 11.4 Å². The summed E-state index contributed by atoms with van der Waals surface area (Å²) < 4.78 is 18.5. The summed E-state index contributed by atoms with van der Waals surface area (Å²) in [6.07, 6.45) is 0. The van der Waals surface area contributed by atoms with E-state index < -0.39 is 9.85 Å². The third-order valence-corrected chi connectivity index (χ3v) is 5.02. The second-order valence-electron chi connectivity index (χ2n) is 7.22. The fraction of sp³-hybridized carbons (Fsp3) is 0.174. The molecule has 4 aromatic rings. The fourth-order valence-electron chi connectivity index (χ4n) is 3.39. The van der Waals surface area contributed by atoms with Crippen LogP contribution in [-0.2, 0) is 6.54 Å². The molecule has 11 nitrogen and oxygen atoms in total. The zero-order valence-electron chi connectivity index (χ0n) is 18.1. The number of aromatic nitrogens is 2. The van der Waals surface area contributed by atoms with Crippen molar-refractivity contribution in [3.05, 3.63) is 92.5 Å². The molecule has 0 atom stereocenters. The van der Waals surface area contributed by atoms with E-state index in [-0.39, 0.29) is 24.6 Å². The summed E-state index contributed by atoms with van der Waals surface area (Å²) in [7, 11) is 1.56. The first-order valence-electron chi connectivity index (χ1n) is 10.2. The molecule has 0 unspecified atom stereocenters. The Kier molecular flexibility index (Phi) is 6.53. The monoisotopic (exact) mass is 464 g/mol. The predicted octanol–water partition coefficient (Wildman–Crippen LogP) is 4.37. The average molecular weight is 464 g/mol. The molecule has 0 spiro atoms. The van der Waals surface area contributed by atoms with E-state index in [1.54, 1.807) is 36.1 Å². The maximum Gasteiger partial charge on any atom is 0.269 e. The van der Waals surface area contributed by atoms with Gasteiger partial charge in [-0.05, 0) is 35.9 Å². The highest BCUT2D eigenvalue weighted by molar-refractivity contribution is 5.86. The minimum Gasteiger partial charge on any atom is -0.497 e. The van der Waals surface area contributed by atoms with E-state index in [9.17, 15) is 20.2 Å². The van der Waals surface area contributed by atoms with Crippen LogP contribution >= 0.6 is 0 Å². The van der Waals surface area contributed by atoms with Crippen LogP contribution in [0.2, 0.25) is 0 Å². The highest BCUT2D eigenvalue weighted by Gasteiger charge is 2.15. The molecule has 0 amide bonds. The molecule has 0 aliphatic rings. The lowest BCUT2D eigenvalue weighted by Crippen LogP contribution is -2.10. The topological polar surface area (TPSA) is 132 Å². The van der Waals surface area contributed by atoms with Gasteiger partial charge in [-0.15, -0.1) is 5.10 Å². The van der Waals surface area contributed by atoms with Gasteiger partial charge >= 0.3 is 0 Å². The number of ether oxygens (including phenoxy) is 3. The van der Waals surface area contributed by atoms with Crippen LogP contribution in [0.1, 0.15) is 5.56 Å². The van der Waals surface area contributed by atoms with Crippen molar-refractivity contribution in [3.63, 3.8) is 0 Å². The zero-order valence-corrected chi connectivity index (χ0v) is 18.1. The van der Waals surface area contributed by atoms with Crippen LogP contribution in [0, 0.1) is 20.2 Å².